The van der Waals surface area contributed by atoms with Crippen LogP contribution in [-0.4, -0.2) is 9.97 Å². The van der Waals surface area contributed by atoms with Crippen molar-refractivity contribution in [1.82, 2.24) is 9.97 Å². The van der Waals surface area contributed by atoms with E-state index in [0.717, 1.165) is 5.56 Å². The summed E-state index contributed by atoms with van der Waals surface area (Å²) in [6.45, 7) is 0. The molecular formula is C5H7N3S. The minimum absolute atomic E-state index is 0.306. The van der Waals surface area contributed by atoms with Crippen LogP contribution in [0.15, 0.2) is 12.4 Å². The molecule has 3 nitrogen and oxygen atoms in total. The van der Waals surface area contributed by atoms with Crippen LogP contribution in [0.3, 0.4) is 0 Å². The van der Waals surface area contributed by atoms with Crippen molar-refractivity contribution in [3.05, 3.63) is 18.0 Å². The Hall–Kier alpha value is -0.770. The van der Waals surface area contributed by atoms with Crippen LogP contribution in [0.4, 0.5) is 5.95 Å². The maximum atomic E-state index is 5.23. The van der Waals surface area contributed by atoms with E-state index in [4.69, 9.17) is 5.73 Å². The molecule has 9 heavy (non-hydrogen) atoms. The fourth-order valence-electron chi connectivity index (χ4n) is 0.446. The van der Waals surface area contributed by atoms with Crippen LogP contribution >= 0.6 is 12.6 Å². The Labute approximate surface area is 58.7 Å². The molecular weight excluding hydrogens is 134 g/mol. The lowest BCUT2D eigenvalue weighted by atomic mass is 10.4. The summed E-state index contributed by atoms with van der Waals surface area (Å²) >= 11 is 4.02. The van der Waals surface area contributed by atoms with E-state index in [1.807, 2.05) is 0 Å². The van der Waals surface area contributed by atoms with Crippen LogP contribution in [0, 0.1) is 0 Å². The molecule has 48 valence electrons. The van der Waals surface area contributed by atoms with Crippen molar-refractivity contribution < 1.29 is 0 Å². The number of anilines is 1. The van der Waals surface area contributed by atoms with E-state index in [1.54, 1.807) is 12.4 Å². The molecule has 0 radical (unpaired) electrons. The number of hydrogen-bond donors (Lipinski definition) is 2. The average Bonchev–Trinajstić information content (AvgIpc) is 1.90. The number of nitrogens with zero attached hydrogens (tertiary/aromatic N) is 2. The van der Waals surface area contributed by atoms with E-state index in [0.29, 0.717) is 11.7 Å². The maximum absolute atomic E-state index is 5.23. The third-order valence-corrected chi connectivity index (χ3v) is 1.27. The van der Waals surface area contributed by atoms with E-state index in [-0.39, 0.29) is 0 Å². The van der Waals surface area contributed by atoms with Crippen molar-refractivity contribution in [3.63, 3.8) is 0 Å². The molecule has 0 spiro atoms. The van der Waals surface area contributed by atoms with Crippen LogP contribution < -0.4 is 5.73 Å². The first-order valence-electron chi connectivity index (χ1n) is 2.50. The Kier molecular flexibility index (Phi) is 1.89. The molecule has 4 heteroatoms. The normalized spacial score (nSPS) is 9.44. The predicted octanol–water partition coefficient (Wildman–Crippen LogP) is 0.489. The number of nitrogen functional groups attached to an aromatic ring is 1. The van der Waals surface area contributed by atoms with Gasteiger partial charge < -0.3 is 5.73 Å². The highest BCUT2D eigenvalue weighted by molar-refractivity contribution is 7.79. The summed E-state index contributed by atoms with van der Waals surface area (Å²) in [7, 11) is 0. The molecule has 0 saturated carbocycles. The van der Waals surface area contributed by atoms with Crippen LogP contribution in [0.2, 0.25) is 0 Å². The summed E-state index contributed by atoms with van der Waals surface area (Å²) in [5.74, 6) is 0.959. The zero-order chi connectivity index (χ0) is 6.69. The fraction of sp³-hybridized carbons (Fsp3) is 0.200. The van der Waals surface area contributed by atoms with Gasteiger partial charge in [0.05, 0.1) is 0 Å². The third kappa shape index (κ3) is 1.57. The molecule has 1 heterocycles. The third-order valence-electron chi connectivity index (χ3n) is 0.908. The number of hydrogen-bond acceptors (Lipinski definition) is 4. The van der Waals surface area contributed by atoms with Crippen molar-refractivity contribution in [2.24, 2.45) is 0 Å². The van der Waals surface area contributed by atoms with Gasteiger partial charge in [-0.25, -0.2) is 9.97 Å². The molecule has 0 fully saturated rings. The molecule has 1 aromatic rings. The average molecular weight is 141 g/mol. The molecule has 1 rings (SSSR count). The smallest absolute Gasteiger partial charge is 0.219 e. The van der Waals surface area contributed by atoms with Gasteiger partial charge in [0.1, 0.15) is 0 Å². The molecule has 0 atom stereocenters. The highest BCUT2D eigenvalue weighted by Crippen LogP contribution is 1.98. The summed E-state index contributed by atoms with van der Waals surface area (Å²) in [6, 6.07) is 0. The van der Waals surface area contributed by atoms with E-state index >= 15 is 0 Å². The molecule has 2 N–H and O–H groups in total. The van der Waals surface area contributed by atoms with Gasteiger partial charge in [-0.15, -0.1) is 0 Å². The van der Waals surface area contributed by atoms with Crippen molar-refractivity contribution >= 4 is 18.6 Å². The lowest BCUT2D eigenvalue weighted by molar-refractivity contribution is 1.14. The number of thiol groups is 1. The van der Waals surface area contributed by atoms with Crippen LogP contribution in [0.25, 0.3) is 0 Å². The molecule has 0 saturated heterocycles. The van der Waals surface area contributed by atoms with Gasteiger partial charge in [-0.05, 0) is 5.56 Å². The summed E-state index contributed by atoms with van der Waals surface area (Å²) in [5.41, 5.74) is 6.21. The SMILES string of the molecule is Nc1ncc(CS)cn1. The van der Waals surface area contributed by atoms with Gasteiger partial charge in [0.2, 0.25) is 5.95 Å². The first-order valence-corrected chi connectivity index (χ1v) is 3.13. The lowest BCUT2D eigenvalue weighted by Gasteiger charge is -1.92. The number of rotatable bonds is 1. The standard InChI is InChI=1S/C5H7N3S/c6-5-7-1-4(3-9)2-8-5/h1-2,9H,3H2,(H2,6,7,8). The minimum Gasteiger partial charge on any atom is -0.368 e. The van der Waals surface area contributed by atoms with Gasteiger partial charge in [0.15, 0.2) is 0 Å². The van der Waals surface area contributed by atoms with Gasteiger partial charge in [-0.3, -0.25) is 0 Å². The van der Waals surface area contributed by atoms with Crippen molar-refractivity contribution in [2.75, 3.05) is 5.73 Å². The Balaban J connectivity index is 2.88. The van der Waals surface area contributed by atoms with E-state index in [1.165, 1.54) is 0 Å². The highest BCUT2D eigenvalue weighted by Gasteiger charge is 1.88. The van der Waals surface area contributed by atoms with Crippen molar-refractivity contribution in [1.29, 1.82) is 0 Å². The molecule has 0 aliphatic carbocycles. The largest absolute Gasteiger partial charge is 0.368 e. The van der Waals surface area contributed by atoms with Crippen molar-refractivity contribution in [2.45, 2.75) is 5.75 Å². The van der Waals surface area contributed by atoms with Crippen LogP contribution in [0.1, 0.15) is 5.56 Å². The maximum Gasteiger partial charge on any atom is 0.219 e. The van der Waals surface area contributed by atoms with Crippen LogP contribution in [0.5, 0.6) is 0 Å². The number of aromatic nitrogens is 2. The quantitative estimate of drug-likeness (QED) is 0.559. The van der Waals surface area contributed by atoms with Gasteiger partial charge in [0.25, 0.3) is 0 Å². The van der Waals surface area contributed by atoms with Crippen molar-refractivity contribution in [3.8, 4) is 0 Å². The second kappa shape index (κ2) is 2.68. The summed E-state index contributed by atoms with van der Waals surface area (Å²) in [5, 5.41) is 0. The van der Waals surface area contributed by atoms with E-state index in [2.05, 4.69) is 22.6 Å². The Morgan fingerprint density at radius 1 is 1.44 bits per heavy atom. The second-order valence-electron chi connectivity index (χ2n) is 1.61. The Morgan fingerprint density at radius 3 is 2.44 bits per heavy atom. The molecule has 0 unspecified atom stereocenters. The first kappa shape index (κ1) is 6.35. The molecule has 0 aliphatic rings. The van der Waals surface area contributed by atoms with E-state index in [9.17, 15) is 0 Å². The summed E-state index contributed by atoms with van der Waals surface area (Å²) in [6.07, 6.45) is 3.32. The Morgan fingerprint density at radius 2 is 2.00 bits per heavy atom. The zero-order valence-corrected chi connectivity index (χ0v) is 5.68. The molecule has 0 aromatic carbocycles. The summed E-state index contributed by atoms with van der Waals surface area (Å²) < 4.78 is 0. The minimum atomic E-state index is 0.306. The van der Waals surface area contributed by atoms with Gasteiger partial charge in [0, 0.05) is 18.1 Å². The second-order valence-corrected chi connectivity index (χ2v) is 1.92. The first-order chi connectivity index (χ1) is 4.33. The van der Waals surface area contributed by atoms with Crippen LogP contribution in [-0.2, 0) is 5.75 Å². The van der Waals surface area contributed by atoms with Gasteiger partial charge >= 0.3 is 0 Å². The lowest BCUT2D eigenvalue weighted by Crippen LogP contribution is -1.93. The van der Waals surface area contributed by atoms with Gasteiger partial charge in [-0.1, -0.05) is 0 Å². The predicted molar refractivity (Wildman–Crippen MR) is 39.1 cm³/mol. The van der Waals surface area contributed by atoms with Gasteiger partial charge in [-0.2, -0.15) is 12.6 Å². The summed E-state index contributed by atoms with van der Waals surface area (Å²) in [4.78, 5) is 7.54. The molecule has 1 aromatic heterocycles. The Bertz CT molecular complexity index is 184. The van der Waals surface area contributed by atoms with E-state index < -0.39 is 0 Å². The topological polar surface area (TPSA) is 51.8 Å². The fourth-order valence-corrected chi connectivity index (χ4v) is 0.610. The highest BCUT2D eigenvalue weighted by atomic mass is 32.1. The molecule has 0 aliphatic heterocycles. The molecule has 0 bridgehead atoms. The molecule has 0 amide bonds. The monoisotopic (exact) mass is 141 g/mol. The number of nitrogens with two attached hydrogens (primary N) is 1. The zero-order valence-electron chi connectivity index (χ0n) is 4.78.